The Morgan fingerprint density at radius 3 is 2.67 bits per heavy atom. The van der Waals surface area contributed by atoms with Gasteiger partial charge in [-0.1, -0.05) is 0 Å². The Morgan fingerprint density at radius 1 is 1.38 bits per heavy atom. The summed E-state index contributed by atoms with van der Waals surface area (Å²) >= 11 is 0. The zero-order valence-corrected chi connectivity index (χ0v) is 12.1. The van der Waals surface area contributed by atoms with Gasteiger partial charge in [0.25, 0.3) is 0 Å². The molecule has 6 heteroatoms. The van der Waals surface area contributed by atoms with Crippen LogP contribution in [0.3, 0.4) is 0 Å². The molecule has 1 aliphatic rings. The summed E-state index contributed by atoms with van der Waals surface area (Å²) in [5.41, 5.74) is 0.526. The Hall–Kier alpha value is -2.37. The van der Waals surface area contributed by atoms with Crippen LogP contribution in [0.15, 0.2) is 18.3 Å². The van der Waals surface area contributed by atoms with Gasteiger partial charge in [-0.3, -0.25) is 4.79 Å². The minimum absolute atomic E-state index is 0.164. The minimum atomic E-state index is -1.05. The molecule has 0 aliphatic carbocycles. The van der Waals surface area contributed by atoms with Crippen LogP contribution in [0, 0.1) is 5.82 Å². The second-order valence-electron chi connectivity index (χ2n) is 4.47. The molecule has 1 aliphatic heterocycles. The van der Waals surface area contributed by atoms with Gasteiger partial charge in [-0.25, -0.2) is 9.18 Å². The summed E-state index contributed by atoms with van der Waals surface area (Å²) in [4.78, 5) is 25.2. The molecule has 0 saturated carbocycles. The number of amides is 1. The standard InChI is InChI=1S/C15H16FNO4/c1-4-21-15(19)14-13-10(7-8-17(14)9(2)18)11(16)5-6-12(13)20-3/h5-8,14H,4H2,1-3H3. The molecule has 0 saturated heterocycles. The van der Waals surface area contributed by atoms with Crippen molar-refractivity contribution in [2.45, 2.75) is 19.9 Å². The molecular weight excluding hydrogens is 277 g/mol. The Labute approximate surface area is 121 Å². The summed E-state index contributed by atoms with van der Waals surface area (Å²) in [7, 11) is 1.42. The number of rotatable bonds is 3. The highest BCUT2D eigenvalue weighted by Gasteiger charge is 2.37. The van der Waals surface area contributed by atoms with Crippen LogP contribution >= 0.6 is 0 Å². The van der Waals surface area contributed by atoms with Gasteiger partial charge in [0.2, 0.25) is 5.91 Å². The van der Waals surface area contributed by atoms with Gasteiger partial charge in [-0.2, -0.15) is 0 Å². The lowest BCUT2D eigenvalue weighted by atomic mass is 9.94. The molecule has 1 amide bonds. The lowest BCUT2D eigenvalue weighted by Gasteiger charge is -2.31. The van der Waals surface area contributed by atoms with Gasteiger partial charge in [-0.05, 0) is 25.1 Å². The Bertz CT molecular complexity index is 612. The van der Waals surface area contributed by atoms with Crippen LogP contribution in [-0.2, 0) is 14.3 Å². The molecule has 0 radical (unpaired) electrons. The summed E-state index contributed by atoms with van der Waals surface area (Å²) < 4.78 is 24.2. The average Bonchev–Trinajstić information content (AvgIpc) is 2.46. The molecule has 1 unspecified atom stereocenters. The van der Waals surface area contributed by atoms with Crippen LogP contribution in [0.25, 0.3) is 6.08 Å². The maximum absolute atomic E-state index is 14.0. The Morgan fingerprint density at radius 2 is 2.10 bits per heavy atom. The summed E-state index contributed by atoms with van der Waals surface area (Å²) in [5, 5.41) is 0. The fourth-order valence-corrected chi connectivity index (χ4v) is 2.34. The van der Waals surface area contributed by atoms with Gasteiger partial charge < -0.3 is 14.4 Å². The number of benzene rings is 1. The highest BCUT2D eigenvalue weighted by Crippen LogP contribution is 2.39. The van der Waals surface area contributed by atoms with E-state index < -0.39 is 17.8 Å². The number of fused-ring (bicyclic) bond motifs is 1. The van der Waals surface area contributed by atoms with E-state index in [1.54, 1.807) is 6.92 Å². The number of hydrogen-bond acceptors (Lipinski definition) is 4. The maximum atomic E-state index is 14.0. The molecule has 0 fully saturated rings. The molecule has 1 atom stereocenters. The molecule has 0 aromatic heterocycles. The van der Waals surface area contributed by atoms with E-state index in [2.05, 4.69) is 0 Å². The number of ether oxygens (including phenoxy) is 2. The van der Waals surface area contributed by atoms with E-state index in [-0.39, 0.29) is 18.1 Å². The Kier molecular flexibility index (Phi) is 4.26. The van der Waals surface area contributed by atoms with Crippen LogP contribution < -0.4 is 4.74 Å². The molecule has 112 valence electrons. The predicted molar refractivity (Wildman–Crippen MR) is 73.9 cm³/mol. The third-order valence-electron chi connectivity index (χ3n) is 3.24. The van der Waals surface area contributed by atoms with Crippen molar-refractivity contribution in [2.24, 2.45) is 0 Å². The van der Waals surface area contributed by atoms with Gasteiger partial charge in [-0.15, -0.1) is 0 Å². The first kappa shape index (κ1) is 15.0. The van der Waals surface area contributed by atoms with Crippen molar-refractivity contribution in [3.8, 4) is 5.75 Å². The van der Waals surface area contributed by atoms with Crippen LogP contribution in [0.4, 0.5) is 4.39 Å². The zero-order valence-electron chi connectivity index (χ0n) is 12.1. The molecule has 0 N–H and O–H groups in total. The number of nitrogens with zero attached hydrogens (tertiary/aromatic N) is 1. The van der Waals surface area contributed by atoms with Crippen molar-refractivity contribution in [3.63, 3.8) is 0 Å². The highest BCUT2D eigenvalue weighted by atomic mass is 19.1. The predicted octanol–water partition coefficient (Wildman–Crippen LogP) is 2.27. The third kappa shape index (κ3) is 2.61. The molecule has 0 spiro atoms. The summed E-state index contributed by atoms with van der Waals surface area (Å²) in [5.74, 6) is -1.12. The topological polar surface area (TPSA) is 55.8 Å². The van der Waals surface area contributed by atoms with Crippen LogP contribution in [0.2, 0.25) is 0 Å². The number of hydrogen-bond donors (Lipinski definition) is 0. The Balaban J connectivity index is 2.64. The lowest BCUT2D eigenvalue weighted by Crippen LogP contribution is -2.37. The van der Waals surface area contributed by atoms with E-state index in [4.69, 9.17) is 9.47 Å². The van der Waals surface area contributed by atoms with E-state index in [9.17, 15) is 14.0 Å². The van der Waals surface area contributed by atoms with E-state index in [0.717, 1.165) is 0 Å². The number of halogens is 1. The van der Waals surface area contributed by atoms with Gasteiger partial charge in [0.05, 0.1) is 13.7 Å². The summed E-state index contributed by atoms with van der Waals surface area (Å²) in [6, 6.07) is 1.64. The smallest absolute Gasteiger partial charge is 0.334 e. The molecule has 0 bridgehead atoms. The fraction of sp³-hybridized carbons (Fsp3) is 0.333. The number of carbonyl (C=O) groups excluding carboxylic acids is 2. The molecule has 2 rings (SSSR count). The molecule has 1 aromatic rings. The summed E-state index contributed by atoms with van der Waals surface area (Å²) in [6.45, 7) is 3.16. The molecule has 1 aromatic carbocycles. The van der Waals surface area contributed by atoms with Crippen molar-refractivity contribution in [1.29, 1.82) is 0 Å². The fourth-order valence-electron chi connectivity index (χ4n) is 2.34. The normalized spacial score (nSPS) is 16.4. The molecule has 5 nitrogen and oxygen atoms in total. The summed E-state index contributed by atoms with van der Waals surface area (Å²) in [6.07, 6.45) is 2.83. The van der Waals surface area contributed by atoms with Crippen molar-refractivity contribution in [3.05, 3.63) is 35.3 Å². The van der Waals surface area contributed by atoms with Gasteiger partial charge in [0.1, 0.15) is 11.6 Å². The number of methoxy groups -OCH3 is 1. The number of carbonyl (C=O) groups is 2. The van der Waals surface area contributed by atoms with E-state index in [1.807, 2.05) is 0 Å². The van der Waals surface area contributed by atoms with Crippen molar-refractivity contribution >= 4 is 18.0 Å². The van der Waals surface area contributed by atoms with E-state index >= 15 is 0 Å². The first-order valence-corrected chi connectivity index (χ1v) is 6.51. The number of esters is 1. The van der Waals surface area contributed by atoms with Crippen LogP contribution in [0.1, 0.15) is 31.0 Å². The maximum Gasteiger partial charge on any atom is 0.334 e. The second-order valence-corrected chi connectivity index (χ2v) is 4.47. The van der Waals surface area contributed by atoms with Crippen molar-refractivity contribution < 1.29 is 23.5 Å². The lowest BCUT2D eigenvalue weighted by molar-refractivity contribution is -0.152. The van der Waals surface area contributed by atoms with Crippen molar-refractivity contribution in [1.82, 2.24) is 4.90 Å². The first-order valence-electron chi connectivity index (χ1n) is 6.51. The SMILES string of the molecule is CCOC(=O)C1c2c(OC)ccc(F)c2C=CN1C(C)=O. The molecule has 21 heavy (non-hydrogen) atoms. The quantitative estimate of drug-likeness (QED) is 0.802. The zero-order chi connectivity index (χ0) is 15.6. The van der Waals surface area contributed by atoms with Gasteiger partial charge in [0, 0.05) is 24.3 Å². The highest BCUT2D eigenvalue weighted by molar-refractivity contribution is 5.89. The monoisotopic (exact) mass is 293 g/mol. The second kappa shape index (κ2) is 5.95. The van der Waals surface area contributed by atoms with Crippen molar-refractivity contribution in [2.75, 3.05) is 13.7 Å². The third-order valence-corrected chi connectivity index (χ3v) is 3.24. The average molecular weight is 293 g/mol. The molecular formula is C15H16FNO4. The van der Waals surface area contributed by atoms with Gasteiger partial charge >= 0.3 is 5.97 Å². The van der Waals surface area contributed by atoms with E-state index in [0.29, 0.717) is 11.3 Å². The minimum Gasteiger partial charge on any atom is -0.496 e. The molecule has 1 heterocycles. The van der Waals surface area contributed by atoms with Crippen LogP contribution in [-0.4, -0.2) is 30.5 Å². The largest absolute Gasteiger partial charge is 0.496 e. The first-order chi connectivity index (χ1) is 10.0. The van der Waals surface area contributed by atoms with Crippen LogP contribution in [0.5, 0.6) is 5.75 Å². The van der Waals surface area contributed by atoms with Gasteiger partial charge in [0.15, 0.2) is 6.04 Å². The van der Waals surface area contributed by atoms with E-state index in [1.165, 1.54) is 43.3 Å².